The Morgan fingerprint density at radius 1 is 1.02 bits per heavy atom. The first-order valence-corrected chi connectivity index (χ1v) is 16.7. The summed E-state index contributed by atoms with van der Waals surface area (Å²) in [6.45, 7) is 7.99. The third-order valence-electron chi connectivity index (χ3n) is 13.2. The van der Waals surface area contributed by atoms with E-state index < -0.39 is 66.8 Å². The third kappa shape index (κ3) is 5.05. The lowest BCUT2D eigenvalue weighted by Gasteiger charge is -2.61. The van der Waals surface area contributed by atoms with E-state index in [2.05, 4.69) is 26.8 Å². The third-order valence-corrected chi connectivity index (χ3v) is 13.2. The van der Waals surface area contributed by atoms with Crippen LogP contribution in [-0.2, 0) is 14.2 Å². The molecule has 2 saturated heterocycles. The summed E-state index contributed by atoms with van der Waals surface area (Å²) in [5.41, 5.74) is 0.296. The molecule has 11 heteroatoms. The lowest BCUT2D eigenvalue weighted by atomic mass is 9.45. The van der Waals surface area contributed by atoms with Crippen LogP contribution in [0.1, 0.15) is 72.6 Å². The molecule has 0 bridgehead atoms. The second-order valence-electron chi connectivity index (χ2n) is 15.7. The van der Waals surface area contributed by atoms with Crippen LogP contribution in [0.25, 0.3) is 0 Å². The second-order valence-corrected chi connectivity index (χ2v) is 15.7. The van der Waals surface area contributed by atoms with Gasteiger partial charge in [0.1, 0.15) is 24.4 Å². The number of fused-ring (bicyclic) bond motifs is 7. The Labute approximate surface area is 259 Å². The maximum atomic E-state index is 11.8. The molecule has 3 saturated carbocycles. The van der Waals surface area contributed by atoms with E-state index >= 15 is 0 Å². The van der Waals surface area contributed by atoms with Gasteiger partial charge in [-0.1, -0.05) is 39.3 Å². The van der Waals surface area contributed by atoms with Gasteiger partial charge in [-0.3, -0.25) is 0 Å². The summed E-state index contributed by atoms with van der Waals surface area (Å²) >= 11 is 0. The molecule has 44 heavy (non-hydrogen) atoms. The van der Waals surface area contributed by atoms with Crippen molar-refractivity contribution in [2.75, 3.05) is 13.2 Å². The van der Waals surface area contributed by atoms with E-state index in [1.807, 2.05) is 6.92 Å². The number of aliphatic hydroxyl groups is 8. The first kappa shape index (κ1) is 33.2. The molecule has 6 aliphatic rings. The van der Waals surface area contributed by atoms with Gasteiger partial charge in [-0.25, -0.2) is 0 Å². The highest BCUT2D eigenvalue weighted by molar-refractivity contribution is 5.29. The SMILES string of the molecule is C[C@H](CC[C@@]1(O)O[C@H]2C[C@H]3[C@@H]4CC=C5C[C@@H](O)C[C@@H](O)[C@]5(C)[C@H]4[C@H](O)C[C@]3(C)[C@H]2[C@@H]1C)CO[C@@H]1O[C@H](CO)[C@@H](O)[C@H](O)[C@H]1O. The number of aliphatic hydroxyl groups excluding tert-OH is 7. The molecule has 11 nitrogen and oxygen atoms in total. The highest BCUT2D eigenvalue weighted by Crippen LogP contribution is 2.70. The van der Waals surface area contributed by atoms with Gasteiger partial charge in [-0.05, 0) is 67.1 Å². The van der Waals surface area contributed by atoms with Gasteiger partial charge in [0.25, 0.3) is 0 Å². The fraction of sp³-hybridized carbons (Fsp3) is 0.939. The van der Waals surface area contributed by atoms with Crippen molar-refractivity contribution in [1.82, 2.24) is 0 Å². The molecule has 4 aliphatic carbocycles. The minimum atomic E-state index is -1.50. The van der Waals surface area contributed by atoms with Crippen molar-refractivity contribution in [2.45, 2.75) is 134 Å². The average molecular weight is 627 g/mol. The van der Waals surface area contributed by atoms with E-state index in [1.54, 1.807) is 0 Å². The Morgan fingerprint density at radius 3 is 2.45 bits per heavy atom. The van der Waals surface area contributed by atoms with Crippen molar-refractivity contribution in [3.05, 3.63) is 11.6 Å². The summed E-state index contributed by atoms with van der Waals surface area (Å²) in [6, 6.07) is 0. The molecule has 252 valence electrons. The maximum absolute atomic E-state index is 11.8. The molecular weight excluding hydrogens is 572 g/mol. The van der Waals surface area contributed by atoms with Crippen LogP contribution in [0.15, 0.2) is 11.6 Å². The Balaban J connectivity index is 1.10. The number of rotatable bonds is 7. The smallest absolute Gasteiger partial charge is 0.186 e. The van der Waals surface area contributed by atoms with Gasteiger partial charge in [-0.2, -0.15) is 0 Å². The molecule has 5 fully saturated rings. The van der Waals surface area contributed by atoms with Crippen molar-refractivity contribution in [3.8, 4) is 0 Å². The quantitative estimate of drug-likeness (QED) is 0.183. The van der Waals surface area contributed by atoms with Gasteiger partial charge in [-0.15, -0.1) is 0 Å². The molecule has 6 rings (SSSR count). The topological polar surface area (TPSA) is 190 Å². The molecule has 0 aromatic carbocycles. The standard InChI is InChI=1S/C33H54O11/c1-15(14-42-30-29(40)28(39)27(38)23(13-34)43-30)7-8-33(41)16(2)25-22(44-33)11-20-19-6-5-17-9-18(35)10-24(37)32(17,4)26(19)21(36)12-31(20,25)3/h5,15-16,18-30,34-41H,6-14H2,1-4H3/t15-,16+,18-,19+,20+,21-,22+,23-,24-,25+,26-,27-,28+,29-,30-,31+,32-,33-/m1/s1. The number of ether oxygens (including phenoxy) is 3. The fourth-order valence-electron chi connectivity index (χ4n) is 10.8. The van der Waals surface area contributed by atoms with Gasteiger partial charge < -0.3 is 55.1 Å². The number of hydrogen-bond acceptors (Lipinski definition) is 11. The molecule has 0 amide bonds. The molecule has 18 atom stereocenters. The summed E-state index contributed by atoms with van der Waals surface area (Å²) < 4.78 is 17.7. The van der Waals surface area contributed by atoms with Gasteiger partial charge in [0.15, 0.2) is 12.1 Å². The summed E-state index contributed by atoms with van der Waals surface area (Å²) in [4.78, 5) is 0. The van der Waals surface area contributed by atoms with E-state index in [9.17, 15) is 40.9 Å². The van der Waals surface area contributed by atoms with Crippen molar-refractivity contribution in [3.63, 3.8) is 0 Å². The van der Waals surface area contributed by atoms with Gasteiger partial charge in [0, 0.05) is 24.2 Å². The Kier molecular flexibility index (Phi) is 8.88. The van der Waals surface area contributed by atoms with Crippen LogP contribution in [0.3, 0.4) is 0 Å². The van der Waals surface area contributed by atoms with E-state index in [4.69, 9.17) is 14.2 Å². The minimum Gasteiger partial charge on any atom is -0.394 e. The second kappa shape index (κ2) is 11.8. The summed E-state index contributed by atoms with van der Waals surface area (Å²) in [5.74, 6) is -1.07. The van der Waals surface area contributed by atoms with E-state index in [-0.39, 0.29) is 53.6 Å². The zero-order valence-electron chi connectivity index (χ0n) is 26.4. The highest BCUT2D eigenvalue weighted by atomic mass is 16.7. The molecule has 2 aliphatic heterocycles. The zero-order valence-corrected chi connectivity index (χ0v) is 26.4. The van der Waals surface area contributed by atoms with Crippen LogP contribution in [-0.4, -0.2) is 115 Å². The lowest BCUT2D eigenvalue weighted by Crippen LogP contribution is -2.60. The number of allylic oxidation sites excluding steroid dienone is 1. The van der Waals surface area contributed by atoms with Gasteiger partial charge >= 0.3 is 0 Å². The Bertz CT molecular complexity index is 1090. The molecule has 0 aromatic heterocycles. The van der Waals surface area contributed by atoms with Crippen LogP contribution in [0, 0.1) is 46.3 Å². The van der Waals surface area contributed by atoms with Crippen molar-refractivity contribution >= 4 is 0 Å². The van der Waals surface area contributed by atoms with E-state index in [1.165, 1.54) is 0 Å². The summed E-state index contributed by atoms with van der Waals surface area (Å²) in [5, 5.41) is 84.8. The molecule has 0 spiro atoms. The largest absolute Gasteiger partial charge is 0.394 e. The molecule has 0 unspecified atom stereocenters. The van der Waals surface area contributed by atoms with E-state index in [0.717, 1.165) is 18.4 Å². The zero-order chi connectivity index (χ0) is 31.9. The fourth-order valence-corrected chi connectivity index (χ4v) is 10.8. The predicted octanol–water partition coefficient (Wildman–Crippen LogP) is 0.434. The normalized spacial score (nSPS) is 55.9. The predicted molar refractivity (Wildman–Crippen MR) is 156 cm³/mol. The molecular formula is C33H54O11. The van der Waals surface area contributed by atoms with Crippen LogP contribution in [0.5, 0.6) is 0 Å². The Morgan fingerprint density at radius 2 is 1.75 bits per heavy atom. The number of hydrogen-bond donors (Lipinski definition) is 8. The average Bonchev–Trinajstić information content (AvgIpc) is 3.39. The van der Waals surface area contributed by atoms with Gasteiger partial charge in [0.2, 0.25) is 0 Å². The highest BCUT2D eigenvalue weighted by Gasteiger charge is 2.70. The molecule has 8 N–H and O–H groups in total. The summed E-state index contributed by atoms with van der Waals surface area (Å²) in [6.07, 6.45) is -2.34. The van der Waals surface area contributed by atoms with E-state index in [0.29, 0.717) is 32.1 Å². The van der Waals surface area contributed by atoms with Crippen molar-refractivity contribution < 1.29 is 55.1 Å². The summed E-state index contributed by atoms with van der Waals surface area (Å²) in [7, 11) is 0. The van der Waals surface area contributed by atoms with Crippen LogP contribution in [0.4, 0.5) is 0 Å². The minimum absolute atomic E-state index is 0.0485. The van der Waals surface area contributed by atoms with Gasteiger partial charge in [0.05, 0.1) is 37.6 Å². The van der Waals surface area contributed by atoms with Crippen LogP contribution >= 0.6 is 0 Å². The molecule has 0 radical (unpaired) electrons. The first-order chi connectivity index (χ1) is 20.7. The molecule has 2 heterocycles. The molecule has 0 aromatic rings. The van der Waals surface area contributed by atoms with Crippen LogP contribution < -0.4 is 0 Å². The first-order valence-electron chi connectivity index (χ1n) is 16.7. The Hall–Kier alpha value is -0.700. The monoisotopic (exact) mass is 626 g/mol. The lowest BCUT2D eigenvalue weighted by molar-refractivity contribution is -0.303. The maximum Gasteiger partial charge on any atom is 0.186 e. The van der Waals surface area contributed by atoms with Crippen LogP contribution in [0.2, 0.25) is 0 Å². The van der Waals surface area contributed by atoms with Crippen molar-refractivity contribution in [2.24, 2.45) is 46.3 Å². The van der Waals surface area contributed by atoms with Crippen molar-refractivity contribution in [1.29, 1.82) is 0 Å².